The third-order valence-electron chi connectivity index (χ3n) is 4.74. The lowest BCUT2D eigenvalue weighted by Crippen LogP contribution is -2.51. The average Bonchev–Trinajstić information content (AvgIpc) is 2.67. The Kier molecular flexibility index (Phi) is 8.85. The minimum absolute atomic E-state index is 0. The van der Waals surface area contributed by atoms with E-state index in [4.69, 9.17) is 17.3 Å². The summed E-state index contributed by atoms with van der Waals surface area (Å²) < 4.78 is 0. The van der Waals surface area contributed by atoms with Gasteiger partial charge in [0, 0.05) is 43.4 Å². The van der Waals surface area contributed by atoms with Crippen LogP contribution in [0.25, 0.3) is 0 Å². The third kappa shape index (κ3) is 6.53. The molecule has 0 aromatic heterocycles. The van der Waals surface area contributed by atoms with Crippen LogP contribution < -0.4 is 10.6 Å². The number of piperazine rings is 1. The Morgan fingerprint density at radius 3 is 2.11 bits per heavy atom. The maximum atomic E-state index is 6.23. The minimum atomic E-state index is 0. The Morgan fingerprint density at radius 2 is 1.54 bits per heavy atom. The number of nitrogens with two attached hydrogens (primary N) is 1. The molecule has 0 atom stereocenters. The topological polar surface area (TPSA) is 48.1 Å². The van der Waals surface area contributed by atoms with Crippen molar-refractivity contribution in [3.63, 3.8) is 0 Å². The molecule has 1 aliphatic heterocycles. The normalized spacial score (nSPS) is 14.9. The van der Waals surface area contributed by atoms with Crippen LogP contribution in [-0.4, -0.2) is 56.0 Å². The molecule has 28 heavy (non-hydrogen) atoms. The summed E-state index contributed by atoms with van der Waals surface area (Å²) in [6.45, 7) is 5.17. The van der Waals surface area contributed by atoms with E-state index in [0.717, 1.165) is 37.7 Å². The van der Waals surface area contributed by atoms with E-state index in [1.807, 2.05) is 12.1 Å². The molecule has 0 bridgehead atoms. The molecule has 1 saturated heterocycles. The molecule has 0 amide bonds. The van der Waals surface area contributed by atoms with Gasteiger partial charge in [-0.25, -0.2) is 4.99 Å². The highest BCUT2D eigenvalue weighted by molar-refractivity contribution is 14.0. The molecule has 5 nitrogen and oxygen atoms in total. The quantitative estimate of drug-likeness (QED) is 0.377. The maximum absolute atomic E-state index is 6.23. The highest BCUT2D eigenvalue weighted by atomic mass is 127. The third-order valence-corrected chi connectivity index (χ3v) is 4.99. The zero-order valence-electron chi connectivity index (χ0n) is 16.5. The predicted molar refractivity (Wildman–Crippen MR) is 130 cm³/mol. The molecule has 1 fully saturated rings. The first-order valence-electron chi connectivity index (χ1n) is 9.29. The summed E-state index contributed by atoms with van der Waals surface area (Å²) in [6.07, 6.45) is 0. The van der Waals surface area contributed by atoms with E-state index in [1.165, 1.54) is 16.8 Å². The van der Waals surface area contributed by atoms with Gasteiger partial charge in [-0.3, -0.25) is 0 Å². The summed E-state index contributed by atoms with van der Waals surface area (Å²) in [5, 5.41) is 0.767. The number of benzene rings is 2. The number of halogens is 2. The minimum Gasteiger partial charge on any atom is -0.370 e. The molecule has 3 rings (SSSR count). The number of nitrogens with zero attached hydrogens (tertiary/aromatic N) is 4. The van der Waals surface area contributed by atoms with Gasteiger partial charge in [0.25, 0.3) is 0 Å². The van der Waals surface area contributed by atoms with Gasteiger partial charge >= 0.3 is 0 Å². The number of hydrogen-bond donors (Lipinski definition) is 1. The number of anilines is 1. The van der Waals surface area contributed by atoms with Crippen LogP contribution >= 0.6 is 35.6 Å². The fourth-order valence-corrected chi connectivity index (χ4v) is 3.36. The van der Waals surface area contributed by atoms with Gasteiger partial charge in [-0.15, -0.1) is 24.0 Å². The van der Waals surface area contributed by atoms with Crippen molar-refractivity contribution in [1.29, 1.82) is 0 Å². The SMILES string of the molecule is CN(C)Cc1ccc(CN=C(N)N2CCN(c3ccc(Cl)cc3)CC2)cc1.I. The Morgan fingerprint density at radius 1 is 0.964 bits per heavy atom. The van der Waals surface area contributed by atoms with Crippen LogP contribution in [0.5, 0.6) is 0 Å². The van der Waals surface area contributed by atoms with E-state index in [-0.39, 0.29) is 24.0 Å². The van der Waals surface area contributed by atoms with Crippen molar-refractivity contribution in [2.45, 2.75) is 13.1 Å². The number of rotatable bonds is 5. The zero-order valence-corrected chi connectivity index (χ0v) is 19.6. The predicted octanol–water partition coefficient (Wildman–Crippen LogP) is 3.66. The monoisotopic (exact) mass is 513 g/mol. The Hall–Kier alpha value is -1.51. The van der Waals surface area contributed by atoms with Crippen molar-refractivity contribution in [2.75, 3.05) is 45.2 Å². The maximum Gasteiger partial charge on any atom is 0.191 e. The van der Waals surface area contributed by atoms with E-state index in [9.17, 15) is 0 Å². The van der Waals surface area contributed by atoms with Crippen molar-refractivity contribution >= 4 is 47.2 Å². The van der Waals surface area contributed by atoms with E-state index in [0.29, 0.717) is 12.5 Å². The number of hydrogen-bond acceptors (Lipinski definition) is 3. The van der Waals surface area contributed by atoms with E-state index in [2.05, 4.69) is 70.2 Å². The van der Waals surface area contributed by atoms with Gasteiger partial charge in [-0.1, -0.05) is 35.9 Å². The van der Waals surface area contributed by atoms with E-state index >= 15 is 0 Å². The zero-order chi connectivity index (χ0) is 19.2. The molecular weight excluding hydrogens is 485 g/mol. The molecule has 0 aliphatic carbocycles. The molecule has 1 aliphatic rings. The molecule has 2 N–H and O–H groups in total. The Labute approximate surface area is 190 Å². The van der Waals surface area contributed by atoms with Gasteiger partial charge in [-0.05, 0) is 49.5 Å². The van der Waals surface area contributed by atoms with Crippen molar-refractivity contribution < 1.29 is 0 Å². The van der Waals surface area contributed by atoms with Crippen LogP contribution in [0.3, 0.4) is 0 Å². The van der Waals surface area contributed by atoms with Crippen molar-refractivity contribution in [2.24, 2.45) is 10.7 Å². The summed E-state index contributed by atoms with van der Waals surface area (Å²) in [4.78, 5) is 11.3. The Balaban J connectivity index is 0.00000280. The number of guanidine groups is 1. The Bertz CT molecular complexity index is 753. The van der Waals surface area contributed by atoms with E-state index < -0.39 is 0 Å². The molecule has 0 spiro atoms. The standard InChI is InChI=1S/C21H28ClN5.HI/c1-25(2)16-18-5-3-17(4-6-18)15-24-21(23)27-13-11-26(12-14-27)20-9-7-19(22)8-10-20;/h3-10H,11-16H2,1-2H3,(H2,23,24);1H. The number of aliphatic imine (C=N–C) groups is 1. The smallest absolute Gasteiger partial charge is 0.191 e. The van der Waals surface area contributed by atoms with Gasteiger partial charge in [0.2, 0.25) is 0 Å². The molecule has 0 radical (unpaired) electrons. The highest BCUT2D eigenvalue weighted by Gasteiger charge is 2.18. The molecule has 1 heterocycles. The molecular formula is C21H29ClIN5. The first kappa shape index (κ1) is 22.8. The fourth-order valence-electron chi connectivity index (χ4n) is 3.23. The average molecular weight is 514 g/mol. The summed E-state index contributed by atoms with van der Waals surface area (Å²) in [5.74, 6) is 0.628. The van der Waals surface area contributed by atoms with Crippen molar-refractivity contribution in [1.82, 2.24) is 9.80 Å². The first-order chi connectivity index (χ1) is 13.0. The molecule has 0 unspecified atom stereocenters. The van der Waals surface area contributed by atoms with Crippen LogP contribution in [0, 0.1) is 0 Å². The summed E-state index contributed by atoms with van der Waals surface area (Å²) in [7, 11) is 4.15. The fraction of sp³-hybridized carbons (Fsp3) is 0.381. The second-order valence-electron chi connectivity index (χ2n) is 7.18. The lowest BCUT2D eigenvalue weighted by Gasteiger charge is -2.36. The molecule has 152 valence electrons. The first-order valence-corrected chi connectivity index (χ1v) is 9.67. The van der Waals surface area contributed by atoms with Gasteiger partial charge in [-0.2, -0.15) is 0 Å². The summed E-state index contributed by atoms with van der Waals surface area (Å²) in [5.41, 5.74) is 9.92. The van der Waals surface area contributed by atoms with Crippen LogP contribution in [0.15, 0.2) is 53.5 Å². The van der Waals surface area contributed by atoms with Crippen molar-refractivity contribution in [3.05, 3.63) is 64.7 Å². The molecule has 0 saturated carbocycles. The second kappa shape index (κ2) is 10.9. The summed E-state index contributed by atoms with van der Waals surface area (Å²) in [6, 6.07) is 16.6. The van der Waals surface area contributed by atoms with Crippen LogP contribution in [0.4, 0.5) is 5.69 Å². The van der Waals surface area contributed by atoms with Crippen LogP contribution in [0.1, 0.15) is 11.1 Å². The molecule has 2 aromatic carbocycles. The van der Waals surface area contributed by atoms with Crippen molar-refractivity contribution in [3.8, 4) is 0 Å². The van der Waals surface area contributed by atoms with Crippen LogP contribution in [0.2, 0.25) is 5.02 Å². The van der Waals surface area contributed by atoms with Gasteiger partial charge in [0.15, 0.2) is 5.96 Å². The molecule has 2 aromatic rings. The summed E-state index contributed by atoms with van der Waals surface area (Å²) >= 11 is 5.97. The largest absolute Gasteiger partial charge is 0.370 e. The van der Waals surface area contributed by atoms with E-state index in [1.54, 1.807) is 0 Å². The van der Waals surface area contributed by atoms with Gasteiger partial charge in [0.1, 0.15) is 0 Å². The lowest BCUT2D eigenvalue weighted by molar-refractivity contribution is 0.380. The van der Waals surface area contributed by atoms with Gasteiger partial charge < -0.3 is 20.4 Å². The van der Waals surface area contributed by atoms with Crippen LogP contribution in [-0.2, 0) is 13.1 Å². The molecule has 7 heteroatoms. The lowest BCUT2D eigenvalue weighted by atomic mass is 10.1. The highest BCUT2D eigenvalue weighted by Crippen LogP contribution is 2.19. The second-order valence-corrected chi connectivity index (χ2v) is 7.62. The van der Waals surface area contributed by atoms with Gasteiger partial charge in [0.05, 0.1) is 6.54 Å².